The molecule has 0 saturated carbocycles. The van der Waals surface area contributed by atoms with Gasteiger partial charge in [-0.15, -0.1) is 0 Å². The lowest BCUT2D eigenvalue weighted by atomic mass is 9.79. The highest BCUT2D eigenvalue weighted by Crippen LogP contribution is 2.37. The second-order valence-corrected chi connectivity index (χ2v) is 20.0. The number of esters is 1. The van der Waals surface area contributed by atoms with E-state index in [9.17, 15) is 39.9 Å². The zero-order valence-corrected chi connectivity index (χ0v) is 42.6. The SMILES string of the molecule is CC[C@H]1OC(=O)C[C@@H](O)[C@H](C)[C@@H](O[C@H]2O[C@H](C)[C@@H](O[C@H]3C[C@@](C)(O)[C@@H](O)[C@H](C)O3)[C@H](N(C)C)[C@H]2O)[C@@H](CC=O)C[C@@H](C)C(=O)/C=C/C(C)=C/C1CO[C@@H]1O[C@H](C)[C@@H](O)[C@@H](OC)[C@H]1OC.O=S(=O)([O-])O. The van der Waals surface area contributed by atoms with Crippen molar-refractivity contribution in [3.05, 3.63) is 23.8 Å². The molecule has 3 fully saturated rings. The number of aliphatic hydroxyl groups excluding tert-OH is 4. The molecule has 22 nitrogen and oxygen atoms in total. The van der Waals surface area contributed by atoms with Crippen molar-refractivity contribution in [1.29, 1.82) is 0 Å². The van der Waals surface area contributed by atoms with Gasteiger partial charge >= 0.3 is 5.97 Å². The number of ketones is 1. The van der Waals surface area contributed by atoms with Crippen molar-refractivity contribution in [2.24, 2.45) is 23.7 Å². The summed E-state index contributed by atoms with van der Waals surface area (Å²) in [5, 5.41) is 55.8. The largest absolute Gasteiger partial charge is 0.726 e. The van der Waals surface area contributed by atoms with Gasteiger partial charge in [-0.1, -0.05) is 38.5 Å². The number of aldehydes is 1. The predicted octanol–water partition coefficient (Wildman–Crippen LogP) is 0.838. The van der Waals surface area contributed by atoms with E-state index in [1.807, 2.05) is 19.9 Å². The van der Waals surface area contributed by atoms with E-state index in [1.54, 1.807) is 59.7 Å². The molecule has 69 heavy (non-hydrogen) atoms. The maximum Gasteiger partial charge on any atom is 0.308 e. The number of cyclic esters (lactones) is 1. The van der Waals surface area contributed by atoms with Crippen LogP contribution in [0.4, 0.5) is 0 Å². The van der Waals surface area contributed by atoms with Crippen LogP contribution in [0.3, 0.4) is 0 Å². The molecule has 3 saturated heterocycles. The van der Waals surface area contributed by atoms with Crippen LogP contribution in [0.1, 0.15) is 87.5 Å². The van der Waals surface area contributed by atoms with E-state index in [0.717, 1.165) is 6.29 Å². The first kappa shape index (κ1) is 60.9. The third kappa shape index (κ3) is 17.4. The molecule has 0 radical (unpaired) electrons. The number of ether oxygens (including phenoxy) is 9. The number of likely N-dealkylation sites (N-methyl/N-ethyl adjacent to an activating group) is 1. The van der Waals surface area contributed by atoms with Gasteiger partial charge in [-0.25, -0.2) is 8.42 Å². The number of methoxy groups -OCH3 is 2. The van der Waals surface area contributed by atoms with Gasteiger partial charge in [-0.2, -0.15) is 0 Å². The monoisotopic (exact) mass is 1010 g/mol. The highest BCUT2D eigenvalue weighted by atomic mass is 32.3. The van der Waals surface area contributed by atoms with Crippen molar-refractivity contribution in [2.75, 3.05) is 34.9 Å². The Balaban J connectivity index is 0.00000239. The number of carbonyl (C=O) groups is 3. The van der Waals surface area contributed by atoms with Crippen LogP contribution in [0.15, 0.2) is 23.8 Å². The summed E-state index contributed by atoms with van der Waals surface area (Å²) in [5.74, 6) is -3.59. The minimum absolute atomic E-state index is 0.00788. The lowest BCUT2D eigenvalue weighted by Gasteiger charge is -2.50. The molecule has 1 unspecified atom stereocenters. The summed E-state index contributed by atoms with van der Waals surface area (Å²) in [6.45, 7) is 13.6. The Labute approximate surface area is 406 Å². The zero-order valence-electron chi connectivity index (χ0n) is 41.8. The molecule has 23 heteroatoms. The quantitative estimate of drug-likeness (QED) is 0.0644. The molecule has 0 aromatic carbocycles. The third-order valence-electron chi connectivity index (χ3n) is 13.4. The summed E-state index contributed by atoms with van der Waals surface area (Å²) in [7, 11) is 1.52. The molecule has 400 valence electrons. The van der Waals surface area contributed by atoms with Crippen LogP contribution >= 0.6 is 0 Å². The Hall–Kier alpha value is -2.40. The summed E-state index contributed by atoms with van der Waals surface area (Å²) in [6.07, 6.45) is -8.49. The molecule has 0 bridgehead atoms. The van der Waals surface area contributed by atoms with Gasteiger partial charge in [0, 0.05) is 44.8 Å². The molecular weight excluding hydrogens is 935 g/mol. The third-order valence-corrected chi connectivity index (χ3v) is 13.4. The maximum atomic E-state index is 13.8. The minimum atomic E-state index is -4.92. The number of allylic oxidation sites excluding steroid dienone is 3. The Morgan fingerprint density at radius 3 is 2.04 bits per heavy atom. The fourth-order valence-corrected chi connectivity index (χ4v) is 9.51. The van der Waals surface area contributed by atoms with Crippen molar-refractivity contribution in [3.63, 3.8) is 0 Å². The lowest BCUT2D eigenvalue weighted by Crippen LogP contribution is -2.65. The summed E-state index contributed by atoms with van der Waals surface area (Å²) in [5.41, 5.74) is -0.806. The normalized spacial score (nSPS) is 43.4. The van der Waals surface area contributed by atoms with Gasteiger partial charge in [-0.05, 0) is 73.5 Å². The standard InChI is InChI=1S/C46H77NO17.H2O4S/c1-13-33-30(22-58-45-42(57-12)41(56-11)37(52)26(5)60-45)18-23(2)14-15-31(49)24(3)19-29(16-17-48)39(25(4)32(50)20-34(51)62-33)64-44-38(53)36(47(9)10)40(27(6)61-44)63-35-21-46(8,55)43(54)28(7)59-35;1-5(2,3)4/h14-15,17-18,24-30,32-33,35-45,50,52-55H,13,16,19-22H2,1-12H3;(H2,1,2,3,4)/p-1/b15-14+,23-18+;/t24-,25+,26-,27-,28+,29+,30?,32-,33-,35+,36-,37-,38-,39-,40-,41-,42-,43+,44-,45-,46-;/m1./s1. The molecule has 0 aliphatic carbocycles. The van der Waals surface area contributed by atoms with E-state index in [1.165, 1.54) is 27.2 Å². The van der Waals surface area contributed by atoms with Gasteiger partial charge in [0.1, 0.15) is 49.0 Å². The summed E-state index contributed by atoms with van der Waals surface area (Å²) >= 11 is 0. The van der Waals surface area contributed by atoms with E-state index in [4.69, 9.17) is 60.2 Å². The Bertz CT molecular complexity index is 1790. The molecular formula is C46H78NO21S-. The van der Waals surface area contributed by atoms with Crippen molar-refractivity contribution >= 4 is 28.4 Å². The van der Waals surface area contributed by atoms with Crippen LogP contribution < -0.4 is 0 Å². The second kappa shape index (κ2) is 27.1. The number of carbonyl (C=O) groups excluding carboxylic acids is 3. The van der Waals surface area contributed by atoms with E-state index < -0.39 is 150 Å². The number of hydrogen-bond donors (Lipinski definition) is 6. The van der Waals surface area contributed by atoms with Gasteiger partial charge in [0.15, 0.2) is 24.7 Å². The highest BCUT2D eigenvalue weighted by Gasteiger charge is 2.52. The molecule has 0 spiro atoms. The van der Waals surface area contributed by atoms with Gasteiger partial charge in [0.25, 0.3) is 0 Å². The van der Waals surface area contributed by atoms with Crippen molar-refractivity contribution in [2.45, 2.75) is 191 Å². The Morgan fingerprint density at radius 2 is 1.49 bits per heavy atom. The molecule has 0 aromatic heterocycles. The van der Waals surface area contributed by atoms with E-state index in [0.29, 0.717) is 12.0 Å². The second-order valence-electron chi connectivity index (χ2n) is 19.2. The van der Waals surface area contributed by atoms with Crippen LogP contribution in [0, 0.1) is 23.7 Å². The molecule has 4 aliphatic rings. The van der Waals surface area contributed by atoms with Crippen molar-refractivity contribution in [3.8, 4) is 0 Å². The average Bonchev–Trinajstić information content (AvgIpc) is 3.25. The number of hydrogen-bond acceptors (Lipinski definition) is 21. The number of nitrogens with zero attached hydrogens (tertiary/aromatic N) is 1. The molecule has 4 heterocycles. The number of aliphatic hydroxyl groups is 5. The molecule has 0 amide bonds. The summed E-state index contributed by atoms with van der Waals surface area (Å²) in [6, 6.07) is -0.748. The highest BCUT2D eigenvalue weighted by molar-refractivity contribution is 7.79. The first-order valence-electron chi connectivity index (χ1n) is 23.4. The maximum absolute atomic E-state index is 13.8. The molecule has 6 N–H and O–H groups in total. The average molecular weight is 1010 g/mol. The minimum Gasteiger partial charge on any atom is -0.726 e. The summed E-state index contributed by atoms with van der Waals surface area (Å²) in [4.78, 5) is 41.5. The van der Waals surface area contributed by atoms with E-state index in [2.05, 4.69) is 0 Å². The van der Waals surface area contributed by atoms with Gasteiger partial charge in [-0.3, -0.25) is 14.1 Å². The molecule has 21 atom stereocenters. The number of rotatable bonds is 13. The van der Waals surface area contributed by atoms with Crippen LogP contribution in [-0.2, 0) is 67.4 Å². The molecule has 4 rings (SSSR count). The van der Waals surface area contributed by atoms with Crippen LogP contribution in [0.5, 0.6) is 0 Å². The smallest absolute Gasteiger partial charge is 0.308 e. The first-order chi connectivity index (χ1) is 32.1. The van der Waals surface area contributed by atoms with E-state index in [-0.39, 0.29) is 31.7 Å². The summed E-state index contributed by atoms with van der Waals surface area (Å²) < 4.78 is 87.5. The Morgan fingerprint density at radius 1 is 0.884 bits per heavy atom. The predicted molar refractivity (Wildman–Crippen MR) is 243 cm³/mol. The molecule has 0 aromatic rings. The van der Waals surface area contributed by atoms with E-state index >= 15 is 0 Å². The molecule has 4 aliphatic heterocycles. The fraction of sp³-hybridized carbons (Fsp3) is 0.848. The van der Waals surface area contributed by atoms with Gasteiger partial charge in [0.2, 0.25) is 10.4 Å². The zero-order chi connectivity index (χ0) is 52.3. The fourth-order valence-electron chi connectivity index (χ4n) is 9.51. The van der Waals surface area contributed by atoms with Crippen LogP contribution in [0.2, 0.25) is 0 Å². The van der Waals surface area contributed by atoms with Gasteiger partial charge < -0.3 is 82.4 Å². The Kier molecular flexibility index (Phi) is 23.9. The lowest BCUT2D eigenvalue weighted by molar-refractivity contribution is -0.341. The van der Waals surface area contributed by atoms with Crippen molar-refractivity contribution in [1.82, 2.24) is 4.90 Å². The van der Waals surface area contributed by atoms with Crippen LogP contribution in [0.25, 0.3) is 0 Å². The first-order valence-corrected chi connectivity index (χ1v) is 24.7. The van der Waals surface area contributed by atoms with Gasteiger partial charge in [0.05, 0.1) is 55.2 Å². The van der Waals surface area contributed by atoms with Crippen LogP contribution in [-0.4, -0.2) is 205 Å². The topological polar surface area (TPSA) is 316 Å². The van der Waals surface area contributed by atoms with Crippen molar-refractivity contribution < 1.29 is 100 Å².